The van der Waals surface area contributed by atoms with Crippen molar-refractivity contribution in [3.63, 3.8) is 0 Å². The van der Waals surface area contributed by atoms with Crippen molar-refractivity contribution in [2.45, 2.75) is 33.1 Å². The van der Waals surface area contributed by atoms with E-state index in [0.717, 1.165) is 16.9 Å². The molecule has 2 aromatic carbocycles. The molecule has 0 aliphatic heterocycles. The van der Waals surface area contributed by atoms with Crippen molar-refractivity contribution in [3.8, 4) is 0 Å². The Labute approximate surface area is 143 Å². The van der Waals surface area contributed by atoms with Gasteiger partial charge in [-0.3, -0.25) is 4.79 Å². The van der Waals surface area contributed by atoms with Gasteiger partial charge in [-0.15, -0.1) is 0 Å². The van der Waals surface area contributed by atoms with E-state index in [1.165, 1.54) is 5.56 Å². The van der Waals surface area contributed by atoms with Gasteiger partial charge in [0, 0.05) is 29.4 Å². The summed E-state index contributed by atoms with van der Waals surface area (Å²) in [5, 5.41) is 6.94. The predicted molar refractivity (Wildman–Crippen MR) is 98.5 cm³/mol. The smallest absolute Gasteiger partial charge is 0.226 e. The maximum atomic E-state index is 12.2. The summed E-state index contributed by atoms with van der Waals surface area (Å²) in [7, 11) is 0. The van der Waals surface area contributed by atoms with Gasteiger partial charge in [0.15, 0.2) is 0 Å². The van der Waals surface area contributed by atoms with Crippen LogP contribution in [-0.4, -0.2) is 12.5 Å². The molecule has 0 atom stereocenters. The first-order valence-electron chi connectivity index (χ1n) is 7.86. The average Bonchev–Trinajstić information content (AvgIpc) is 2.49. The third-order valence-corrected chi connectivity index (χ3v) is 3.93. The largest absolute Gasteiger partial charge is 0.384 e. The van der Waals surface area contributed by atoms with Crippen LogP contribution < -0.4 is 10.6 Å². The van der Waals surface area contributed by atoms with Crippen molar-refractivity contribution < 1.29 is 4.79 Å². The lowest BCUT2D eigenvalue weighted by Crippen LogP contribution is -2.18. The Morgan fingerprint density at radius 3 is 2.61 bits per heavy atom. The molecule has 0 bridgehead atoms. The first kappa shape index (κ1) is 17.4. The van der Waals surface area contributed by atoms with Crippen LogP contribution in [0.5, 0.6) is 0 Å². The zero-order valence-corrected chi connectivity index (χ0v) is 14.6. The van der Waals surface area contributed by atoms with Gasteiger partial charge in [-0.05, 0) is 42.2 Å². The van der Waals surface area contributed by atoms with Crippen LogP contribution in [0.2, 0.25) is 5.02 Å². The van der Waals surface area contributed by atoms with Crippen molar-refractivity contribution in [2.24, 2.45) is 0 Å². The first-order chi connectivity index (χ1) is 11.0. The normalized spacial score (nSPS) is 10.7. The SMILES string of the molecule is Cc1cccc(C(C)C)c1NC(=O)CCNc1cccc(Cl)c1. The van der Waals surface area contributed by atoms with Crippen LogP contribution >= 0.6 is 11.6 Å². The molecule has 2 N–H and O–H groups in total. The lowest BCUT2D eigenvalue weighted by molar-refractivity contribution is -0.115. The van der Waals surface area contributed by atoms with E-state index in [-0.39, 0.29) is 5.91 Å². The molecule has 2 rings (SSSR count). The van der Waals surface area contributed by atoms with Gasteiger partial charge in [0.1, 0.15) is 0 Å². The van der Waals surface area contributed by atoms with Crippen LogP contribution in [0.15, 0.2) is 42.5 Å². The maximum Gasteiger partial charge on any atom is 0.226 e. The van der Waals surface area contributed by atoms with E-state index >= 15 is 0 Å². The molecule has 0 saturated heterocycles. The summed E-state index contributed by atoms with van der Waals surface area (Å²) < 4.78 is 0. The lowest BCUT2D eigenvalue weighted by Gasteiger charge is -2.16. The first-order valence-corrected chi connectivity index (χ1v) is 8.24. The van der Waals surface area contributed by atoms with Gasteiger partial charge in [-0.25, -0.2) is 0 Å². The van der Waals surface area contributed by atoms with E-state index < -0.39 is 0 Å². The summed E-state index contributed by atoms with van der Waals surface area (Å²) in [5.41, 5.74) is 4.12. The molecule has 2 aromatic rings. The second-order valence-corrected chi connectivity index (χ2v) is 6.37. The zero-order chi connectivity index (χ0) is 16.8. The minimum Gasteiger partial charge on any atom is -0.384 e. The Bertz CT molecular complexity index is 683. The highest BCUT2D eigenvalue weighted by Gasteiger charge is 2.11. The number of rotatable bonds is 6. The van der Waals surface area contributed by atoms with Gasteiger partial charge in [0.25, 0.3) is 0 Å². The van der Waals surface area contributed by atoms with Crippen LogP contribution in [0, 0.1) is 6.92 Å². The molecular weight excluding hydrogens is 308 g/mol. The van der Waals surface area contributed by atoms with Crippen molar-refractivity contribution in [2.75, 3.05) is 17.2 Å². The van der Waals surface area contributed by atoms with Crippen LogP contribution in [0.1, 0.15) is 37.3 Å². The summed E-state index contributed by atoms with van der Waals surface area (Å²) in [6.45, 7) is 6.84. The molecule has 4 heteroatoms. The summed E-state index contributed by atoms with van der Waals surface area (Å²) in [5.74, 6) is 0.380. The number of hydrogen-bond donors (Lipinski definition) is 2. The molecular formula is C19H23ClN2O. The molecule has 122 valence electrons. The Kier molecular flexibility index (Phi) is 6.05. The van der Waals surface area contributed by atoms with Crippen LogP contribution in [0.25, 0.3) is 0 Å². The monoisotopic (exact) mass is 330 g/mol. The molecule has 0 saturated carbocycles. The average molecular weight is 331 g/mol. The van der Waals surface area contributed by atoms with E-state index in [2.05, 4.69) is 30.5 Å². The third kappa shape index (κ3) is 5.00. The Morgan fingerprint density at radius 1 is 1.17 bits per heavy atom. The van der Waals surface area contributed by atoms with Gasteiger partial charge in [-0.2, -0.15) is 0 Å². The number of anilines is 2. The van der Waals surface area contributed by atoms with Gasteiger partial charge < -0.3 is 10.6 Å². The summed E-state index contributed by atoms with van der Waals surface area (Å²) >= 11 is 5.94. The number of hydrogen-bond acceptors (Lipinski definition) is 2. The number of nitrogens with one attached hydrogen (secondary N) is 2. The molecule has 0 radical (unpaired) electrons. The number of carbonyl (C=O) groups excluding carboxylic acids is 1. The molecule has 0 aromatic heterocycles. The van der Waals surface area contributed by atoms with Gasteiger partial charge >= 0.3 is 0 Å². The Morgan fingerprint density at radius 2 is 1.91 bits per heavy atom. The number of halogens is 1. The third-order valence-electron chi connectivity index (χ3n) is 3.70. The summed E-state index contributed by atoms with van der Waals surface area (Å²) in [6.07, 6.45) is 0.401. The van der Waals surface area contributed by atoms with Gasteiger partial charge in [0.2, 0.25) is 5.91 Å². The van der Waals surface area contributed by atoms with Gasteiger partial charge in [-0.1, -0.05) is 49.7 Å². The summed E-state index contributed by atoms with van der Waals surface area (Å²) in [4.78, 5) is 12.2. The quantitative estimate of drug-likeness (QED) is 0.763. The molecule has 3 nitrogen and oxygen atoms in total. The second-order valence-electron chi connectivity index (χ2n) is 5.93. The highest BCUT2D eigenvalue weighted by Crippen LogP contribution is 2.27. The van der Waals surface area contributed by atoms with Crippen LogP contribution in [0.3, 0.4) is 0 Å². The van der Waals surface area contributed by atoms with E-state index in [1.54, 1.807) is 0 Å². The molecule has 0 aliphatic carbocycles. The maximum absolute atomic E-state index is 12.2. The minimum absolute atomic E-state index is 0.00993. The Hall–Kier alpha value is -2.00. The van der Waals surface area contributed by atoms with Crippen molar-refractivity contribution in [1.82, 2.24) is 0 Å². The van der Waals surface area contributed by atoms with E-state index in [1.807, 2.05) is 43.3 Å². The molecule has 0 heterocycles. The predicted octanol–water partition coefficient (Wildman–Crippen LogP) is 5.21. The molecule has 0 unspecified atom stereocenters. The fourth-order valence-corrected chi connectivity index (χ4v) is 2.65. The Balaban J connectivity index is 1.93. The topological polar surface area (TPSA) is 41.1 Å². The second kappa shape index (κ2) is 8.02. The number of para-hydroxylation sites is 1. The standard InChI is InChI=1S/C19H23ClN2O/c1-13(2)17-9-4-6-14(3)19(17)22-18(23)10-11-21-16-8-5-7-15(20)12-16/h4-9,12-13,21H,10-11H2,1-3H3,(H,22,23). The lowest BCUT2D eigenvalue weighted by atomic mass is 9.98. The van der Waals surface area contributed by atoms with E-state index in [9.17, 15) is 4.79 Å². The zero-order valence-electron chi connectivity index (χ0n) is 13.8. The molecule has 0 fully saturated rings. The van der Waals surface area contributed by atoms with Gasteiger partial charge in [0.05, 0.1) is 0 Å². The number of carbonyl (C=O) groups is 1. The van der Waals surface area contributed by atoms with E-state index in [4.69, 9.17) is 11.6 Å². The van der Waals surface area contributed by atoms with Crippen LogP contribution in [-0.2, 0) is 4.79 Å². The molecule has 23 heavy (non-hydrogen) atoms. The fourth-order valence-electron chi connectivity index (χ4n) is 2.46. The van der Waals surface area contributed by atoms with Crippen molar-refractivity contribution in [1.29, 1.82) is 0 Å². The number of aryl methyl sites for hydroxylation is 1. The van der Waals surface area contributed by atoms with Crippen molar-refractivity contribution >= 4 is 28.9 Å². The van der Waals surface area contributed by atoms with Crippen LogP contribution in [0.4, 0.5) is 11.4 Å². The number of amides is 1. The fraction of sp³-hybridized carbons (Fsp3) is 0.316. The highest BCUT2D eigenvalue weighted by molar-refractivity contribution is 6.30. The molecule has 0 spiro atoms. The van der Waals surface area contributed by atoms with E-state index in [0.29, 0.717) is 23.9 Å². The molecule has 0 aliphatic rings. The number of benzene rings is 2. The highest BCUT2D eigenvalue weighted by atomic mass is 35.5. The summed E-state index contributed by atoms with van der Waals surface area (Å²) in [6, 6.07) is 13.6. The minimum atomic E-state index is 0.00993. The van der Waals surface area contributed by atoms with Crippen molar-refractivity contribution in [3.05, 3.63) is 58.6 Å². The molecule has 1 amide bonds.